The minimum Gasteiger partial charge on any atom is -0.497 e. The first-order valence-electron chi connectivity index (χ1n) is 8.74. The topological polar surface area (TPSA) is 70.4 Å². The van der Waals surface area contributed by atoms with Crippen LogP contribution in [0.1, 0.15) is 26.5 Å². The zero-order valence-electron chi connectivity index (χ0n) is 15.7. The predicted octanol–water partition coefficient (Wildman–Crippen LogP) is 3.32. The molecule has 6 nitrogen and oxygen atoms in total. The van der Waals surface area contributed by atoms with Crippen LogP contribution in [-0.2, 0) is 16.0 Å². The van der Waals surface area contributed by atoms with E-state index in [-0.39, 0.29) is 11.5 Å². The summed E-state index contributed by atoms with van der Waals surface area (Å²) in [5.74, 6) is 0.388. The van der Waals surface area contributed by atoms with Crippen molar-refractivity contribution in [2.45, 2.75) is 47.7 Å². The SMILES string of the molecule is CCOC(=O)C(C)Sc1nc2c(c(=O)n1-c1ccc(OC)cc1)SC(C)C2. The molecule has 1 aliphatic heterocycles. The summed E-state index contributed by atoms with van der Waals surface area (Å²) in [6.07, 6.45) is 0.750. The molecule has 0 spiro atoms. The number of thioether (sulfide) groups is 2. The Morgan fingerprint density at radius 3 is 2.74 bits per heavy atom. The van der Waals surface area contributed by atoms with Gasteiger partial charge in [-0.25, -0.2) is 4.98 Å². The number of methoxy groups -OCH3 is 1. The first-order valence-corrected chi connectivity index (χ1v) is 10.5. The second kappa shape index (κ2) is 8.39. The molecule has 2 atom stereocenters. The van der Waals surface area contributed by atoms with Gasteiger partial charge in [0.2, 0.25) is 0 Å². The Labute approximate surface area is 166 Å². The predicted molar refractivity (Wildman–Crippen MR) is 107 cm³/mol. The Hall–Kier alpha value is -1.93. The van der Waals surface area contributed by atoms with E-state index in [0.717, 1.165) is 12.1 Å². The van der Waals surface area contributed by atoms with E-state index in [4.69, 9.17) is 14.5 Å². The van der Waals surface area contributed by atoms with E-state index in [1.165, 1.54) is 11.8 Å². The number of hydrogen-bond donors (Lipinski definition) is 0. The maximum absolute atomic E-state index is 13.2. The van der Waals surface area contributed by atoms with Crippen molar-refractivity contribution in [1.82, 2.24) is 9.55 Å². The molecular formula is C19H22N2O4S2. The lowest BCUT2D eigenvalue weighted by Crippen LogP contribution is -2.25. The average molecular weight is 407 g/mol. The first-order chi connectivity index (χ1) is 12.9. The van der Waals surface area contributed by atoms with Gasteiger partial charge in [0.1, 0.15) is 11.0 Å². The van der Waals surface area contributed by atoms with Gasteiger partial charge in [-0.1, -0.05) is 18.7 Å². The lowest BCUT2D eigenvalue weighted by Gasteiger charge is -2.16. The molecule has 1 aromatic heterocycles. The second-order valence-corrected chi connectivity index (χ2v) is 8.91. The summed E-state index contributed by atoms with van der Waals surface area (Å²) >= 11 is 2.80. The van der Waals surface area contributed by atoms with Crippen LogP contribution in [0.5, 0.6) is 5.75 Å². The highest BCUT2D eigenvalue weighted by Gasteiger charge is 2.28. The summed E-state index contributed by atoms with van der Waals surface area (Å²) in [5.41, 5.74) is 1.40. The molecule has 0 bridgehead atoms. The third-order valence-corrected chi connectivity index (χ3v) is 6.36. The fourth-order valence-corrected chi connectivity index (χ4v) is 4.84. The number of fused-ring (bicyclic) bond motifs is 1. The van der Waals surface area contributed by atoms with Crippen molar-refractivity contribution >= 4 is 29.5 Å². The van der Waals surface area contributed by atoms with Gasteiger partial charge in [0.15, 0.2) is 5.16 Å². The Kier molecular flexibility index (Phi) is 6.16. The molecular weight excluding hydrogens is 384 g/mol. The molecule has 1 aliphatic rings. The molecule has 0 aliphatic carbocycles. The second-order valence-electron chi connectivity index (χ2n) is 6.15. The lowest BCUT2D eigenvalue weighted by molar-refractivity contribution is -0.142. The number of aromatic nitrogens is 2. The maximum atomic E-state index is 13.2. The van der Waals surface area contributed by atoms with Crippen LogP contribution in [0.2, 0.25) is 0 Å². The zero-order valence-corrected chi connectivity index (χ0v) is 17.4. The average Bonchev–Trinajstić information content (AvgIpc) is 3.03. The minimum absolute atomic E-state index is 0.0990. The number of carbonyl (C=O) groups is 1. The molecule has 0 fully saturated rings. The molecule has 2 aromatic rings. The number of nitrogens with zero attached hydrogens (tertiary/aromatic N) is 2. The van der Waals surface area contributed by atoms with E-state index in [2.05, 4.69) is 6.92 Å². The number of rotatable bonds is 6. The van der Waals surface area contributed by atoms with Gasteiger partial charge in [0, 0.05) is 11.7 Å². The van der Waals surface area contributed by atoms with Crippen LogP contribution < -0.4 is 10.3 Å². The van der Waals surface area contributed by atoms with E-state index in [1.807, 2.05) is 12.1 Å². The summed E-state index contributed by atoms with van der Waals surface area (Å²) in [6, 6.07) is 7.23. The zero-order chi connectivity index (χ0) is 19.6. The highest BCUT2D eigenvalue weighted by atomic mass is 32.2. The summed E-state index contributed by atoms with van der Waals surface area (Å²) in [5, 5.41) is 0.345. The van der Waals surface area contributed by atoms with Crippen LogP contribution in [0.15, 0.2) is 39.1 Å². The standard InChI is InChI=1S/C19H22N2O4S2/c1-5-25-18(23)12(3)27-19-20-15-10-11(2)26-16(15)17(22)21(19)13-6-8-14(24-4)9-7-13/h6-9,11-12H,5,10H2,1-4H3. The summed E-state index contributed by atoms with van der Waals surface area (Å²) < 4.78 is 11.9. The van der Waals surface area contributed by atoms with Crippen molar-refractivity contribution in [2.75, 3.05) is 13.7 Å². The molecule has 0 saturated heterocycles. The van der Waals surface area contributed by atoms with Crippen LogP contribution in [0.3, 0.4) is 0 Å². The number of carbonyl (C=O) groups excluding carboxylic acids is 1. The van der Waals surface area contributed by atoms with Gasteiger partial charge in [0.05, 0.1) is 30.0 Å². The van der Waals surface area contributed by atoms with E-state index >= 15 is 0 Å². The Bertz CT molecular complexity index is 896. The Morgan fingerprint density at radius 2 is 2.11 bits per heavy atom. The molecule has 144 valence electrons. The highest BCUT2D eigenvalue weighted by Crippen LogP contribution is 2.35. The van der Waals surface area contributed by atoms with Crippen LogP contribution in [-0.4, -0.2) is 39.7 Å². The van der Waals surface area contributed by atoms with Gasteiger partial charge in [-0.15, -0.1) is 11.8 Å². The van der Waals surface area contributed by atoms with Crippen molar-refractivity contribution in [3.63, 3.8) is 0 Å². The van der Waals surface area contributed by atoms with Crippen molar-refractivity contribution in [1.29, 1.82) is 0 Å². The van der Waals surface area contributed by atoms with Gasteiger partial charge >= 0.3 is 5.97 Å². The molecule has 1 aromatic carbocycles. The first kappa shape index (κ1) is 19.8. The fourth-order valence-electron chi connectivity index (χ4n) is 2.80. The van der Waals surface area contributed by atoms with Gasteiger partial charge < -0.3 is 9.47 Å². The van der Waals surface area contributed by atoms with E-state index in [9.17, 15) is 9.59 Å². The van der Waals surface area contributed by atoms with Crippen molar-refractivity contribution < 1.29 is 14.3 Å². The minimum atomic E-state index is -0.467. The molecule has 0 N–H and O–H groups in total. The Balaban J connectivity index is 2.07. The van der Waals surface area contributed by atoms with Crippen LogP contribution in [0.4, 0.5) is 0 Å². The molecule has 3 rings (SSSR count). The van der Waals surface area contributed by atoms with Gasteiger partial charge in [-0.05, 0) is 38.1 Å². The molecule has 8 heteroatoms. The monoisotopic (exact) mass is 406 g/mol. The third-order valence-electron chi connectivity index (χ3n) is 4.11. The van der Waals surface area contributed by atoms with Crippen LogP contribution in [0.25, 0.3) is 5.69 Å². The maximum Gasteiger partial charge on any atom is 0.319 e. The molecule has 2 unspecified atom stereocenters. The van der Waals surface area contributed by atoms with Crippen molar-refractivity contribution in [3.8, 4) is 11.4 Å². The van der Waals surface area contributed by atoms with Crippen LogP contribution in [0, 0.1) is 0 Å². The molecule has 0 saturated carbocycles. The number of benzene rings is 1. The number of ether oxygens (including phenoxy) is 2. The fraction of sp³-hybridized carbons (Fsp3) is 0.421. The molecule has 0 radical (unpaired) electrons. The highest BCUT2D eigenvalue weighted by molar-refractivity contribution is 8.00. The van der Waals surface area contributed by atoms with Gasteiger partial charge in [-0.2, -0.15) is 0 Å². The molecule has 27 heavy (non-hydrogen) atoms. The van der Waals surface area contributed by atoms with Gasteiger partial charge in [0.25, 0.3) is 5.56 Å². The molecule has 2 heterocycles. The number of hydrogen-bond acceptors (Lipinski definition) is 7. The van der Waals surface area contributed by atoms with Crippen molar-refractivity contribution in [3.05, 3.63) is 40.3 Å². The number of esters is 1. The third kappa shape index (κ3) is 4.16. The van der Waals surface area contributed by atoms with E-state index < -0.39 is 5.25 Å². The smallest absolute Gasteiger partial charge is 0.319 e. The summed E-state index contributed by atoms with van der Waals surface area (Å²) in [4.78, 5) is 30.7. The quantitative estimate of drug-likeness (QED) is 0.414. The lowest BCUT2D eigenvalue weighted by atomic mass is 10.2. The summed E-state index contributed by atoms with van der Waals surface area (Å²) in [7, 11) is 1.60. The largest absolute Gasteiger partial charge is 0.497 e. The Morgan fingerprint density at radius 1 is 1.41 bits per heavy atom. The van der Waals surface area contributed by atoms with Crippen molar-refractivity contribution in [2.24, 2.45) is 0 Å². The normalized spacial score (nSPS) is 16.7. The van der Waals surface area contributed by atoms with Crippen LogP contribution >= 0.6 is 23.5 Å². The van der Waals surface area contributed by atoms with Gasteiger partial charge in [-0.3, -0.25) is 14.2 Å². The van der Waals surface area contributed by atoms with E-state index in [1.54, 1.807) is 49.4 Å². The molecule has 0 amide bonds. The summed E-state index contributed by atoms with van der Waals surface area (Å²) in [6.45, 7) is 5.94. The van der Waals surface area contributed by atoms with E-state index in [0.29, 0.717) is 33.3 Å².